The standard InChI is InChI=1S/C26H24N2O3S/c1-3-28-25(29)24(32-26(28)27-21-11-15-22(30-2)16-12-21)17-19-9-13-23(14-10-19)31-18-20-7-5-4-6-8-20/h4-17H,3,18H2,1-2H3/b24-17+,27-26?. The molecule has 3 aromatic carbocycles. The molecular weight excluding hydrogens is 420 g/mol. The smallest absolute Gasteiger partial charge is 0.266 e. The van der Waals surface area contributed by atoms with Crippen molar-refractivity contribution in [1.82, 2.24) is 4.90 Å². The van der Waals surface area contributed by atoms with Crippen LogP contribution in [0.1, 0.15) is 18.1 Å². The maximum atomic E-state index is 12.9. The third-order valence-corrected chi connectivity index (χ3v) is 5.93. The number of rotatable bonds is 7. The van der Waals surface area contributed by atoms with Crippen molar-refractivity contribution in [1.29, 1.82) is 0 Å². The van der Waals surface area contributed by atoms with E-state index in [2.05, 4.69) is 4.99 Å². The molecule has 1 aliphatic heterocycles. The molecule has 1 fully saturated rings. The van der Waals surface area contributed by atoms with Gasteiger partial charge >= 0.3 is 0 Å². The Morgan fingerprint density at radius 3 is 2.28 bits per heavy atom. The van der Waals surface area contributed by atoms with Crippen LogP contribution in [0.3, 0.4) is 0 Å². The summed E-state index contributed by atoms with van der Waals surface area (Å²) in [4.78, 5) is 19.9. The van der Waals surface area contributed by atoms with E-state index in [-0.39, 0.29) is 5.91 Å². The molecule has 32 heavy (non-hydrogen) atoms. The lowest BCUT2D eigenvalue weighted by molar-refractivity contribution is -0.122. The highest BCUT2D eigenvalue weighted by molar-refractivity contribution is 8.18. The largest absolute Gasteiger partial charge is 0.497 e. The number of amidine groups is 1. The van der Waals surface area contributed by atoms with Crippen molar-refractivity contribution in [3.8, 4) is 11.5 Å². The van der Waals surface area contributed by atoms with Gasteiger partial charge in [-0.3, -0.25) is 9.69 Å². The third-order valence-electron chi connectivity index (χ3n) is 4.93. The minimum absolute atomic E-state index is 0.0332. The molecule has 0 spiro atoms. The van der Waals surface area contributed by atoms with Gasteiger partial charge in [-0.15, -0.1) is 0 Å². The van der Waals surface area contributed by atoms with Crippen LogP contribution in [0.15, 0.2) is 88.8 Å². The summed E-state index contributed by atoms with van der Waals surface area (Å²) in [6.07, 6.45) is 1.90. The molecule has 0 unspecified atom stereocenters. The topological polar surface area (TPSA) is 51.1 Å². The molecule has 0 aromatic heterocycles. The van der Waals surface area contributed by atoms with Gasteiger partial charge in [-0.05, 0) is 72.3 Å². The average Bonchev–Trinajstić information content (AvgIpc) is 3.13. The Kier molecular flexibility index (Phi) is 6.92. The summed E-state index contributed by atoms with van der Waals surface area (Å²) in [6.45, 7) is 3.03. The number of nitrogens with zero attached hydrogens (tertiary/aromatic N) is 2. The maximum Gasteiger partial charge on any atom is 0.266 e. The van der Waals surface area contributed by atoms with Gasteiger partial charge in [0.05, 0.1) is 17.7 Å². The van der Waals surface area contributed by atoms with Crippen LogP contribution in [-0.4, -0.2) is 29.6 Å². The molecule has 1 heterocycles. The summed E-state index contributed by atoms with van der Waals surface area (Å²) >= 11 is 1.39. The van der Waals surface area contributed by atoms with Crippen LogP contribution in [0.2, 0.25) is 0 Å². The zero-order valence-corrected chi connectivity index (χ0v) is 18.8. The molecule has 0 bridgehead atoms. The second-order valence-electron chi connectivity index (χ2n) is 7.10. The van der Waals surface area contributed by atoms with Crippen molar-refractivity contribution in [2.45, 2.75) is 13.5 Å². The predicted molar refractivity (Wildman–Crippen MR) is 130 cm³/mol. The summed E-state index contributed by atoms with van der Waals surface area (Å²) in [5.74, 6) is 1.53. The van der Waals surface area contributed by atoms with Crippen LogP contribution in [0, 0.1) is 0 Å². The van der Waals surface area contributed by atoms with Gasteiger partial charge in [-0.1, -0.05) is 42.5 Å². The zero-order valence-electron chi connectivity index (χ0n) is 18.0. The average molecular weight is 445 g/mol. The Bertz CT molecular complexity index is 1120. The Labute approximate surface area is 192 Å². The molecule has 1 saturated heterocycles. The van der Waals surface area contributed by atoms with Gasteiger partial charge in [0.15, 0.2) is 5.17 Å². The van der Waals surface area contributed by atoms with E-state index >= 15 is 0 Å². The summed E-state index contributed by atoms with van der Waals surface area (Å²) in [5.41, 5.74) is 2.84. The third kappa shape index (κ3) is 5.21. The van der Waals surface area contributed by atoms with E-state index in [9.17, 15) is 4.79 Å². The van der Waals surface area contributed by atoms with Gasteiger partial charge in [0, 0.05) is 6.54 Å². The molecule has 5 nitrogen and oxygen atoms in total. The summed E-state index contributed by atoms with van der Waals surface area (Å²) in [5, 5.41) is 0.678. The second kappa shape index (κ2) is 10.2. The number of likely N-dealkylation sites (N-methyl/N-ethyl adjacent to an activating group) is 1. The zero-order chi connectivity index (χ0) is 22.3. The van der Waals surface area contributed by atoms with Crippen LogP contribution >= 0.6 is 11.8 Å². The van der Waals surface area contributed by atoms with E-state index in [4.69, 9.17) is 9.47 Å². The summed E-state index contributed by atoms with van der Waals surface area (Å²) in [6, 6.07) is 25.3. The van der Waals surface area contributed by atoms with Crippen molar-refractivity contribution in [3.05, 3.63) is 94.9 Å². The van der Waals surface area contributed by atoms with Gasteiger partial charge in [0.25, 0.3) is 5.91 Å². The first-order chi connectivity index (χ1) is 15.7. The van der Waals surface area contributed by atoms with Crippen molar-refractivity contribution in [2.24, 2.45) is 4.99 Å². The van der Waals surface area contributed by atoms with Crippen LogP contribution in [0.4, 0.5) is 5.69 Å². The molecule has 3 aromatic rings. The minimum atomic E-state index is -0.0332. The second-order valence-corrected chi connectivity index (χ2v) is 8.10. The number of carbonyl (C=O) groups excluding carboxylic acids is 1. The van der Waals surface area contributed by atoms with E-state index < -0.39 is 0 Å². The number of amides is 1. The Hall–Kier alpha value is -3.51. The minimum Gasteiger partial charge on any atom is -0.497 e. The normalized spacial score (nSPS) is 16.1. The van der Waals surface area contributed by atoms with E-state index in [1.807, 2.05) is 91.9 Å². The Balaban J connectivity index is 1.47. The van der Waals surface area contributed by atoms with Gasteiger partial charge in [-0.2, -0.15) is 0 Å². The van der Waals surface area contributed by atoms with Gasteiger partial charge in [-0.25, -0.2) is 4.99 Å². The first-order valence-corrected chi connectivity index (χ1v) is 11.2. The number of methoxy groups -OCH3 is 1. The molecule has 0 radical (unpaired) electrons. The molecule has 6 heteroatoms. The van der Waals surface area contributed by atoms with Gasteiger partial charge < -0.3 is 9.47 Å². The quantitative estimate of drug-likeness (QED) is 0.426. The highest BCUT2D eigenvalue weighted by Gasteiger charge is 2.32. The van der Waals surface area contributed by atoms with Gasteiger partial charge in [0.1, 0.15) is 18.1 Å². The van der Waals surface area contributed by atoms with E-state index in [1.165, 1.54) is 11.8 Å². The highest BCUT2D eigenvalue weighted by atomic mass is 32.2. The number of ether oxygens (including phenoxy) is 2. The highest BCUT2D eigenvalue weighted by Crippen LogP contribution is 2.34. The molecule has 4 rings (SSSR count). The predicted octanol–water partition coefficient (Wildman–Crippen LogP) is 5.90. The molecular formula is C26H24N2O3S. The molecule has 162 valence electrons. The SMILES string of the molecule is CCN1C(=O)/C(=C\c2ccc(OCc3ccccc3)cc2)SC1=Nc1ccc(OC)cc1. The number of hydrogen-bond acceptors (Lipinski definition) is 5. The fourth-order valence-electron chi connectivity index (χ4n) is 3.19. The molecule has 1 aliphatic rings. The lowest BCUT2D eigenvalue weighted by Gasteiger charge is -2.12. The monoisotopic (exact) mass is 444 g/mol. The van der Waals surface area contributed by atoms with Crippen LogP contribution in [0.5, 0.6) is 11.5 Å². The van der Waals surface area contributed by atoms with Crippen LogP contribution in [0.25, 0.3) is 6.08 Å². The molecule has 0 saturated carbocycles. The number of hydrogen-bond donors (Lipinski definition) is 0. The number of aliphatic imine (C=N–C) groups is 1. The van der Waals surface area contributed by atoms with E-state index in [0.29, 0.717) is 23.2 Å². The van der Waals surface area contributed by atoms with E-state index in [0.717, 1.165) is 28.3 Å². The molecule has 0 aliphatic carbocycles. The Morgan fingerprint density at radius 1 is 0.938 bits per heavy atom. The molecule has 1 amide bonds. The number of thioether (sulfide) groups is 1. The van der Waals surface area contributed by atoms with E-state index in [1.54, 1.807) is 12.0 Å². The van der Waals surface area contributed by atoms with Crippen LogP contribution in [-0.2, 0) is 11.4 Å². The van der Waals surface area contributed by atoms with Gasteiger partial charge in [0.2, 0.25) is 0 Å². The van der Waals surface area contributed by atoms with Crippen molar-refractivity contribution in [2.75, 3.05) is 13.7 Å². The lowest BCUT2D eigenvalue weighted by Crippen LogP contribution is -2.28. The first kappa shape index (κ1) is 21.7. The van der Waals surface area contributed by atoms with Crippen molar-refractivity contribution in [3.63, 3.8) is 0 Å². The Morgan fingerprint density at radius 2 is 1.62 bits per heavy atom. The van der Waals surface area contributed by atoms with Crippen molar-refractivity contribution >= 4 is 34.6 Å². The summed E-state index contributed by atoms with van der Waals surface area (Å²) < 4.78 is 11.0. The lowest BCUT2D eigenvalue weighted by atomic mass is 10.2. The maximum absolute atomic E-state index is 12.9. The molecule has 0 N–H and O–H groups in total. The van der Waals surface area contributed by atoms with Crippen LogP contribution < -0.4 is 9.47 Å². The van der Waals surface area contributed by atoms with Crippen molar-refractivity contribution < 1.29 is 14.3 Å². The fraction of sp³-hybridized carbons (Fsp3) is 0.154. The number of benzene rings is 3. The number of carbonyl (C=O) groups is 1. The fourth-order valence-corrected chi connectivity index (χ4v) is 4.25. The summed E-state index contributed by atoms with van der Waals surface area (Å²) in [7, 11) is 1.63. The molecule has 0 atom stereocenters. The first-order valence-electron chi connectivity index (χ1n) is 10.4.